The Kier molecular flexibility index (Phi) is 6.17. The van der Waals surface area contributed by atoms with Crippen molar-refractivity contribution >= 4 is 52.5 Å². The van der Waals surface area contributed by atoms with E-state index < -0.39 is 0 Å². The maximum absolute atomic E-state index is 12.8. The van der Waals surface area contributed by atoms with Crippen LogP contribution in [0, 0.1) is 13.8 Å². The van der Waals surface area contributed by atoms with Crippen LogP contribution in [0.1, 0.15) is 22.5 Å². The number of fused-ring (bicyclic) bond motifs is 1. The number of hydrogen-bond acceptors (Lipinski definition) is 6. The van der Waals surface area contributed by atoms with Crippen molar-refractivity contribution in [2.45, 2.75) is 32.0 Å². The molecule has 1 N–H and O–H groups in total. The van der Waals surface area contributed by atoms with E-state index in [1.54, 1.807) is 39.7 Å². The zero-order valence-electron chi connectivity index (χ0n) is 17.1. The summed E-state index contributed by atoms with van der Waals surface area (Å²) in [6.07, 6.45) is 3.67. The minimum absolute atomic E-state index is 0.146. The number of halogens is 2. The van der Waals surface area contributed by atoms with Gasteiger partial charge in [-0.3, -0.25) is 4.79 Å². The molecule has 0 aliphatic carbocycles. The number of hydrogen-bond donors (Lipinski definition) is 1. The van der Waals surface area contributed by atoms with Crippen molar-refractivity contribution in [3.8, 4) is 0 Å². The minimum Gasteiger partial charge on any atom is -0.311 e. The second kappa shape index (κ2) is 8.86. The summed E-state index contributed by atoms with van der Waals surface area (Å²) in [5.41, 5.74) is 3.13. The predicted molar refractivity (Wildman–Crippen MR) is 122 cm³/mol. The molecular weight excluding hydrogens is 457 g/mol. The molecule has 1 aromatic carbocycles. The van der Waals surface area contributed by atoms with Gasteiger partial charge in [-0.2, -0.15) is 10.1 Å². The normalized spacial score (nSPS) is 11.3. The average molecular weight is 476 g/mol. The van der Waals surface area contributed by atoms with Crippen LogP contribution in [0.2, 0.25) is 10.0 Å². The number of amides is 1. The number of anilines is 1. The van der Waals surface area contributed by atoms with Crippen molar-refractivity contribution in [3.05, 3.63) is 63.0 Å². The van der Waals surface area contributed by atoms with Gasteiger partial charge in [0.25, 0.3) is 5.78 Å². The third kappa shape index (κ3) is 4.39. The maximum Gasteiger partial charge on any atom is 0.253 e. The molecule has 0 unspecified atom stereocenters. The van der Waals surface area contributed by atoms with Crippen LogP contribution >= 0.6 is 35.0 Å². The highest BCUT2D eigenvalue weighted by Gasteiger charge is 2.17. The van der Waals surface area contributed by atoms with Gasteiger partial charge in [0.1, 0.15) is 5.82 Å². The standard InChI is InChI=1S/C20H19Cl2N7OS/c1-11-13(12(2)29-19(24-11)26-20(27-29)31-3)9-18(30)25-17-7-8-23-28(17)10-14-15(21)5-4-6-16(14)22/h4-8H,9-10H2,1-3H3,(H,25,30). The molecule has 4 aromatic rings. The molecule has 0 fully saturated rings. The number of nitrogens with one attached hydrogen (secondary N) is 1. The van der Waals surface area contributed by atoms with Crippen molar-refractivity contribution in [1.29, 1.82) is 0 Å². The Morgan fingerprint density at radius 1 is 1.13 bits per heavy atom. The number of rotatable bonds is 6. The molecule has 160 valence electrons. The molecule has 0 saturated carbocycles. The van der Waals surface area contributed by atoms with Gasteiger partial charge in [-0.25, -0.2) is 14.2 Å². The van der Waals surface area contributed by atoms with E-state index in [9.17, 15) is 4.79 Å². The molecule has 0 bridgehead atoms. The molecule has 0 saturated heterocycles. The first-order valence-corrected chi connectivity index (χ1v) is 11.4. The molecule has 0 aliphatic rings. The molecule has 0 aliphatic heterocycles. The fourth-order valence-electron chi connectivity index (χ4n) is 3.28. The lowest BCUT2D eigenvalue weighted by molar-refractivity contribution is -0.115. The molecule has 3 heterocycles. The van der Waals surface area contributed by atoms with Crippen LogP contribution in [0.3, 0.4) is 0 Å². The van der Waals surface area contributed by atoms with E-state index in [0.717, 1.165) is 22.5 Å². The third-order valence-electron chi connectivity index (χ3n) is 4.90. The summed E-state index contributed by atoms with van der Waals surface area (Å²) < 4.78 is 3.32. The first-order chi connectivity index (χ1) is 14.9. The van der Waals surface area contributed by atoms with E-state index in [2.05, 4.69) is 25.5 Å². The zero-order chi connectivity index (χ0) is 22.1. The molecule has 0 radical (unpaired) electrons. The molecule has 3 aromatic heterocycles. The van der Waals surface area contributed by atoms with E-state index in [1.807, 2.05) is 20.1 Å². The fourth-order valence-corrected chi connectivity index (χ4v) is 4.13. The molecule has 0 spiro atoms. The van der Waals surface area contributed by atoms with Gasteiger partial charge in [-0.1, -0.05) is 41.0 Å². The third-order valence-corrected chi connectivity index (χ3v) is 6.15. The summed E-state index contributed by atoms with van der Waals surface area (Å²) in [5, 5.41) is 13.4. The Bertz CT molecular complexity index is 1260. The largest absolute Gasteiger partial charge is 0.311 e. The van der Waals surface area contributed by atoms with Crippen LogP contribution in [-0.2, 0) is 17.8 Å². The lowest BCUT2D eigenvalue weighted by Gasteiger charge is -2.13. The summed E-state index contributed by atoms with van der Waals surface area (Å²) >= 11 is 14.0. The molecule has 8 nitrogen and oxygen atoms in total. The summed E-state index contributed by atoms with van der Waals surface area (Å²) in [6.45, 7) is 4.11. The van der Waals surface area contributed by atoms with Crippen molar-refractivity contribution in [2.24, 2.45) is 0 Å². The second-order valence-corrected chi connectivity index (χ2v) is 8.46. The Morgan fingerprint density at radius 2 is 1.87 bits per heavy atom. The minimum atomic E-state index is -0.190. The monoisotopic (exact) mass is 475 g/mol. The van der Waals surface area contributed by atoms with Crippen molar-refractivity contribution < 1.29 is 4.79 Å². The van der Waals surface area contributed by atoms with Crippen molar-refractivity contribution in [3.63, 3.8) is 0 Å². The fraction of sp³-hybridized carbons (Fsp3) is 0.250. The van der Waals surface area contributed by atoms with Gasteiger partial charge in [0.15, 0.2) is 0 Å². The molecule has 11 heteroatoms. The SMILES string of the molecule is CSc1nc2nc(C)c(CC(=O)Nc3ccnn3Cc3c(Cl)cccc3Cl)c(C)n2n1. The number of benzene rings is 1. The van der Waals surface area contributed by atoms with Crippen LogP contribution in [0.5, 0.6) is 0 Å². The van der Waals surface area contributed by atoms with E-state index in [-0.39, 0.29) is 12.3 Å². The predicted octanol–water partition coefficient (Wildman–Crippen LogP) is 4.20. The van der Waals surface area contributed by atoms with E-state index in [0.29, 0.717) is 33.3 Å². The lowest BCUT2D eigenvalue weighted by atomic mass is 10.1. The second-order valence-electron chi connectivity index (χ2n) is 6.87. The maximum atomic E-state index is 12.8. The van der Waals surface area contributed by atoms with Gasteiger partial charge in [0, 0.05) is 38.6 Å². The van der Waals surface area contributed by atoms with Gasteiger partial charge in [0.05, 0.1) is 19.2 Å². The lowest BCUT2D eigenvalue weighted by Crippen LogP contribution is -2.20. The van der Waals surface area contributed by atoms with Crippen LogP contribution in [0.4, 0.5) is 5.82 Å². The van der Waals surface area contributed by atoms with E-state index in [4.69, 9.17) is 23.2 Å². The first kappa shape index (κ1) is 21.6. The number of carbonyl (C=O) groups excluding carboxylic acids is 1. The summed E-state index contributed by atoms with van der Waals surface area (Å²) in [5.74, 6) is 0.888. The summed E-state index contributed by atoms with van der Waals surface area (Å²) in [7, 11) is 0. The van der Waals surface area contributed by atoms with Crippen LogP contribution < -0.4 is 5.32 Å². The summed E-state index contributed by atoms with van der Waals surface area (Å²) in [4.78, 5) is 21.7. The van der Waals surface area contributed by atoms with Gasteiger partial charge < -0.3 is 5.32 Å². The molecule has 1 amide bonds. The smallest absolute Gasteiger partial charge is 0.253 e. The van der Waals surface area contributed by atoms with Crippen LogP contribution in [-0.4, -0.2) is 41.5 Å². The van der Waals surface area contributed by atoms with E-state index >= 15 is 0 Å². The van der Waals surface area contributed by atoms with Gasteiger partial charge in [-0.05, 0) is 32.2 Å². The van der Waals surface area contributed by atoms with Gasteiger partial charge in [-0.15, -0.1) is 5.10 Å². The topological polar surface area (TPSA) is 90.0 Å². The molecular formula is C20H19Cl2N7OS. The van der Waals surface area contributed by atoms with Gasteiger partial charge in [0.2, 0.25) is 11.1 Å². The molecule has 31 heavy (non-hydrogen) atoms. The molecule has 0 atom stereocenters. The summed E-state index contributed by atoms with van der Waals surface area (Å²) in [6, 6.07) is 7.05. The van der Waals surface area contributed by atoms with Gasteiger partial charge >= 0.3 is 0 Å². The average Bonchev–Trinajstić information content (AvgIpc) is 3.34. The number of carbonyl (C=O) groups is 1. The van der Waals surface area contributed by atoms with Crippen LogP contribution in [0.25, 0.3) is 5.78 Å². The quantitative estimate of drug-likeness (QED) is 0.420. The number of thioether (sulfide) groups is 1. The van der Waals surface area contributed by atoms with Crippen molar-refractivity contribution in [1.82, 2.24) is 29.4 Å². The molecule has 4 rings (SSSR count). The van der Waals surface area contributed by atoms with Crippen molar-refractivity contribution in [2.75, 3.05) is 11.6 Å². The number of aromatic nitrogens is 6. The van der Waals surface area contributed by atoms with Crippen LogP contribution in [0.15, 0.2) is 35.6 Å². The Hall–Kier alpha value is -2.62. The Labute approximate surface area is 193 Å². The number of nitrogens with zero attached hydrogens (tertiary/aromatic N) is 6. The van der Waals surface area contributed by atoms with E-state index in [1.165, 1.54) is 11.8 Å². The number of aryl methyl sites for hydroxylation is 2. The Morgan fingerprint density at radius 3 is 2.58 bits per heavy atom. The highest BCUT2D eigenvalue weighted by molar-refractivity contribution is 7.98. The first-order valence-electron chi connectivity index (χ1n) is 9.38. The Balaban J connectivity index is 1.55. The highest BCUT2D eigenvalue weighted by Crippen LogP contribution is 2.26. The highest BCUT2D eigenvalue weighted by atomic mass is 35.5. The zero-order valence-corrected chi connectivity index (χ0v) is 19.4.